The Labute approximate surface area is 83.4 Å². The molecule has 0 saturated carbocycles. The standard InChI is InChI=1S/C12H13NO/c14-12-10-6-2-4-8-3-1-5-9(7-13-12)11(8)10/h4,6H,1-3,5,7H2,(H,13,14). The molecule has 0 atom stereocenters. The Morgan fingerprint density at radius 1 is 1.21 bits per heavy atom. The quantitative estimate of drug-likeness (QED) is 0.616. The van der Waals surface area contributed by atoms with Gasteiger partial charge in [0.25, 0.3) is 5.91 Å². The lowest BCUT2D eigenvalue weighted by atomic mass is 9.78. The average Bonchev–Trinajstić information content (AvgIpc) is 2.24. The van der Waals surface area contributed by atoms with Gasteiger partial charge in [-0.1, -0.05) is 12.2 Å². The van der Waals surface area contributed by atoms with Gasteiger partial charge in [0.15, 0.2) is 0 Å². The molecule has 3 rings (SSSR count). The van der Waals surface area contributed by atoms with Crippen LogP contribution in [-0.4, -0.2) is 12.5 Å². The molecular formula is C12H13NO. The number of carbonyl (C=O) groups is 1. The van der Waals surface area contributed by atoms with E-state index in [1.165, 1.54) is 23.1 Å². The van der Waals surface area contributed by atoms with Crippen LogP contribution in [0.2, 0.25) is 0 Å². The second kappa shape index (κ2) is 2.84. The molecule has 72 valence electrons. The molecule has 1 N–H and O–H groups in total. The summed E-state index contributed by atoms with van der Waals surface area (Å²) in [7, 11) is 0. The number of amides is 1. The molecule has 1 heterocycles. The SMILES string of the molecule is O=C1NCC2=C3C(=CCC=C13)CCC2. The third-order valence-electron chi connectivity index (χ3n) is 3.26. The normalized spacial score (nSPS) is 25.0. The first kappa shape index (κ1) is 8.04. The van der Waals surface area contributed by atoms with Crippen LogP contribution in [0.4, 0.5) is 0 Å². The Bertz CT molecular complexity index is 399. The van der Waals surface area contributed by atoms with E-state index in [1.807, 2.05) is 0 Å². The summed E-state index contributed by atoms with van der Waals surface area (Å²) >= 11 is 0. The number of hydrogen-bond donors (Lipinski definition) is 1. The molecule has 3 aliphatic rings. The Morgan fingerprint density at radius 2 is 2.14 bits per heavy atom. The van der Waals surface area contributed by atoms with E-state index in [-0.39, 0.29) is 5.91 Å². The summed E-state index contributed by atoms with van der Waals surface area (Å²) in [4.78, 5) is 11.6. The van der Waals surface area contributed by atoms with Crippen LogP contribution in [-0.2, 0) is 4.79 Å². The Kier molecular flexibility index (Phi) is 1.63. The lowest BCUT2D eigenvalue weighted by Gasteiger charge is -2.31. The van der Waals surface area contributed by atoms with Crippen LogP contribution in [0.1, 0.15) is 25.7 Å². The molecule has 0 aromatic heterocycles. The molecule has 0 bridgehead atoms. The van der Waals surface area contributed by atoms with Crippen LogP contribution in [0, 0.1) is 0 Å². The zero-order valence-corrected chi connectivity index (χ0v) is 8.10. The molecular weight excluding hydrogens is 174 g/mol. The van der Waals surface area contributed by atoms with Gasteiger partial charge in [-0.2, -0.15) is 0 Å². The highest BCUT2D eigenvalue weighted by Gasteiger charge is 2.29. The summed E-state index contributed by atoms with van der Waals surface area (Å²) in [5, 5.41) is 2.94. The van der Waals surface area contributed by atoms with Gasteiger partial charge in [0.2, 0.25) is 0 Å². The van der Waals surface area contributed by atoms with E-state index in [9.17, 15) is 4.79 Å². The third kappa shape index (κ3) is 0.999. The van der Waals surface area contributed by atoms with Gasteiger partial charge in [-0.05, 0) is 42.4 Å². The van der Waals surface area contributed by atoms with Gasteiger partial charge in [-0.25, -0.2) is 0 Å². The zero-order valence-electron chi connectivity index (χ0n) is 8.10. The zero-order chi connectivity index (χ0) is 9.54. The Balaban J connectivity index is 2.17. The van der Waals surface area contributed by atoms with E-state index < -0.39 is 0 Å². The Hall–Kier alpha value is -1.31. The van der Waals surface area contributed by atoms with Crippen molar-refractivity contribution in [2.45, 2.75) is 25.7 Å². The summed E-state index contributed by atoms with van der Waals surface area (Å²) in [6.45, 7) is 0.767. The average molecular weight is 187 g/mol. The molecule has 0 saturated heterocycles. The minimum absolute atomic E-state index is 0.122. The number of allylic oxidation sites excluding steroid dienone is 3. The van der Waals surface area contributed by atoms with Crippen molar-refractivity contribution in [2.75, 3.05) is 6.54 Å². The largest absolute Gasteiger partial charge is 0.348 e. The van der Waals surface area contributed by atoms with Gasteiger partial charge in [0.05, 0.1) is 0 Å². The van der Waals surface area contributed by atoms with Crippen LogP contribution in [0.25, 0.3) is 0 Å². The van der Waals surface area contributed by atoms with Gasteiger partial charge in [0, 0.05) is 12.1 Å². The molecule has 0 fully saturated rings. The lowest BCUT2D eigenvalue weighted by molar-refractivity contribution is -0.117. The molecule has 1 amide bonds. The van der Waals surface area contributed by atoms with E-state index in [0.29, 0.717) is 0 Å². The Morgan fingerprint density at radius 3 is 3.07 bits per heavy atom. The van der Waals surface area contributed by atoms with Crippen LogP contribution in [0.5, 0.6) is 0 Å². The molecule has 2 aliphatic carbocycles. The number of carbonyl (C=O) groups excluding carboxylic acids is 1. The smallest absolute Gasteiger partial charge is 0.251 e. The molecule has 0 spiro atoms. The monoisotopic (exact) mass is 187 g/mol. The molecule has 0 aromatic carbocycles. The molecule has 1 aliphatic heterocycles. The van der Waals surface area contributed by atoms with Gasteiger partial charge in [-0.15, -0.1) is 0 Å². The van der Waals surface area contributed by atoms with E-state index >= 15 is 0 Å². The fraction of sp³-hybridized carbons (Fsp3) is 0.417. The molecule has 0 unspecified atom stereocenters. The van der Waals surface area contributed by atoms with Crippen molar-refractivity contribution in [3.63, 3.8) is 0 Å². The maximum Gasteiger partial charge on any atom is 0.251 e. The van der Waals surface area contributed by atoms with Crippen molar-refractivity contribution in [2.24, 2.45) is 0 Å². The van der Waals surface area contributed by atoms with Crippen molar-refractivity contribution >= 4 is 5.91 Å². The van der Waals surface area contributed by atoms with Gasteiger partial charge < -0.3 is 5.32 Å². The highest BCUT2D eigenvalue weighted by atomic mass is 16.1. The predicted octanol–water partition coefficient (Wildman–Crippen LogP) is 1.85. The van der Waals surface area contributed by atoms with E-state index in [4.69, 9.17) is 0 Å². The number of hydrogen-bond acceptors (Lipinski definition) is 1. The topological polar surface area (TPSA) is 29.1 Å². The summed E-state index contributed by atoms with van der Waals surface area (Å²) < 4.78 is 0. The summed E-state index contributed by atoms with van der Waals surface area (Å²) in [5.74, 6) is 0.122. The fourth-order valence-corrected chi connectivity index (χ4v) is 2.62. The van der Waals surface area contributed by atoms with Crippen molar-refractivity contribution < 1.29 is 4.79 Å². The van der Waals surface area contributed by atoms with Crippen molar-refractivity contribution in [1.29, 1.82) is 0 Å². The molecule has 0 radical (unpaired) electrons. The van der Waals surface area contributed by atoms with Gasteiger partial charge in [0.1, 0.15) is 0 Å². The summed E-state index contributed by atoms with van der Waals surface area (Å²) in [5.41, 5.74) is 5.07. The molecule has 0 aromatic rings. The van der Waals surface area contributed by atoms with Gasteiger partial charge >= 0.3 is 0 Å². The van der Waals surface area contributed by atoms with Crippen LogP contribution >= 0.6 is 0 Å². The summed E-state index contributed by atoms with van der Waals surface area (Å²) in [6, 6.07) is 0. The number of rotatable bonds is 0. The molecule has 14 heavy (non-hydrogen) atoms. The maximum atomic E-state index is 11.6. The van der Waals surface area contributed by atoms with Crippen LogP contribution in [0.3, 0.4) is 0 Å². The lowest BCUT2D eigenvalue weighted by Crippen LogP contribution is -2.35. The summed E-state index contributed by atoms with van der Waals surface area (Å²) in [6.07, 6.45) is 8.81. The van der Waals surface area contributed by atoms with Crippen molar-refractivity contribution in [3.8, 4) is 0 Å². The van der Waals surface area contributed by atoms with Crippen LogP contribution < -0.4 is 5.32 Å². The highest BCUT2D eigenvalue weighted by molar-refractivity contribution is 6.01. The third-order valence-corrected chi connectivity index (χ3v) is 3.26. The predicted molar refractivity (Wildman–Crippen MR) is 54.7 cm³/mol. The first-order chi connectivity index (χ1) is 6.86. The van der Waals surface area contributed by atoms with E-state index in [0.717, 1.165) is 31.4 Å². The van der Waals surface area contributed by atoms with Crippen LogP contribution in [0.15, 0.2) is 34.4 Å². The second-order valence-electron chi connectivity index (χ2n) is 4.10. The fourth-order valence-electron chi connectivity index (χ4n) is 2.62. The second-order valence-corrected chi connectivity index (χ2v) is 4.10. The van der Waals surface area contributed by atoms with E-state index in [1.54, 1.807) is 0 Å². The van der Waals surface area contributed by atoms with Crippen molar-refractivity contribution in [3.05, 3.63) is 34.4 Å². The van der Waals surface area contributed by atoms with Crippen molar-refractivity contribution in [1.82, 2.24) is 5.32 Å². The van der Waals surface area contributed by atoms with E-state index in [2.05, 4.69) is 17.5 Å². The maximum absolute atomic E-state index is 11.6. The number of nitrogens with one attached hydrogen (secondary N) is 1. The highest BCUT2D eigenvalue weighted by Crippen LogP contribution is 2.38. The first-order valence-electron chi connectivity index (χ1n) is 5.26. The van der Waals surface area contributed by atoms with Gasteiger partial charge in [-0.3, -0.25) is 4.79 Å². The molecule has 2 heteroatoms. The first-order valence-corrected chi connectivity index (χ1v) is 5.26. The minimum atomic E-state index is 0.122. The minimum Gasteiger partial charge on any atom is -0.348 e. The molecule has 2 nitrogen and oxygen atoms in total.